The molecule has 0 saturated heterocycles. The van der Waals surface area contributed by atoms with E-state index in [1.165, 1.54) is 0 Å². The first kappa shape index (κ1) is 102. The van der Waals surface area contributed by atoms with Gasteiger partial charge in [0.15, 0.2) is 12.5 Å². The summed E-state index contributed by atoms with van der Waals surface area (Å²) in [5, 5.41) is 0. The maximum atomic E-state index is 7.83. The molecule has 3 nitrogen and oxygen atoms in total. The summed E-state index contributed by atoms with van der Waals surface area (Å²) in [6.07, 6.45) is 0. The molecule has 0 saturated carbocycles. The van der Waals surface area contributed by atoms with Crippen molar-refractivity contribution in [3.63, 3.8) is 0 Å². The monoisotopic (exact) mass is 283 g/mol. The first-order valence-electron chi connectivity index (χ1n) is 0.167. The van der Waals surface area contributed by atoms with Crippen LogP contribution in [0.25, 0.3) is 0 Å². The molecule has 8 heavy (non-hydrogen) atoms. The maximum absolute atomic E-state index is 7.83. The Hall–Kier alpha value is 1.68. The van der Waals surface area contributed by atoms with E-state index in [1.807, 2.05) is 0 Å². The molecule has 0 fully saturated rings. The molecule has 0 bridgehead atoms. The number of quaternary nitrogens is 2. The van der Waals surface area contributed by atoms with Crippen LogP contribution in [0.15, 0.2) is 0 Å². The first-order chi connectivity index (χ1) is 1.00. The molecule has 0 aromatic heterocycles. The van der Waals surface area contributed by atoms with E-state index in [2.05, 4.69) is 12.5 Å². The van der Waals surface area contributed by atoms with Crippen LogP contribution in [-0.2, 0) is 47.1 Å². The van der Waals surface area contributed by atoms with Gasteiger partial charge in [0.25, 0.3) is 0 Å². The van der Waals surface area contributed by atoms with Crippen LogP contribution >= 0.6 is 27.0 Å². The van der Waals surface area contributed by atoms with Gasteiger partial charge < -0.3 is 25.8 Å². The Morgan fingerprint density at radius 2 is 0.875 bits per heavy atom. The van der Waals surface area contributed by atoms with Crippen LogP contribution in [0.1, 0.15) is 0 Å². The summed E-state index contributed by atoms with van der Waals surface area (Å²) in [6, 6.07) is 0. The molecule has 0 atom stereocenters. The standard InChI is InChI=1S/Mo.2H3N.OS.3H2S/c;;;1-2;;;/h;2*1H3;;3*1H2/p+1. The number of hydrogen-bond acceptors (Lipinski definition) is 3. The molecule has 58 valence electrons. The minimum atomic E-state index is 0. The van der Waals surface area contributed by atoms with E-state index in [1.54, 1.807) is 0 Å². The summed E-state index contributed by atoms with van der Waals surface area (Å²) in [7, 11) is 0. The third-order valence-corrected chi connectivity index (χ3v) is 0. The fourth-order valence-electron chi connectivity index (χ4n) is 0. The van der Waals surface area contributed by atoms with Crippen LogP contribution in [0, 0.1) is 0 Å². The first-order valence-corrected chi connectivity index (χ1v) is 0.500. The summed E-state index contributed by atoms with van der Waals surface area (Å²) in [4.78, 5) is 0. The molecule has 0 unspecified atom stereocenters. The number of rotatable bonds is 0. The topological polar surface area (TPSA) is 90.1 Å². The van der Waals surface area contributed by atoms with Gasteiger partial charge in [0.05, 0.1) is 0 Å². The van der Waals surface area contributed by atoms with Gasteiger partial charge in [-0.2, -0.15) is 31.2 Å². The van der Waals surface area contributed by atoms with Crippen molar-refractivity contribution in [2.75, 3.05) is 0 Å². The molecule has 0 spiro atoms. The molecular formula is H13MoN2OS4+. The molecule has 0 heterocycles. The van der Waals surface area contributed by atoms with Gasteiger partial charge in [-0.25, -0.2) is 0 Å². The quantitative estimate of drug-likeness (QED) is 0.382. The minimum absolute atomic E-state index is 0. The molecule has 0 amide bonds. The van der Waals surface area contributed by atoms with Crippen molar-refractivity contribution in [3.8, 4) is 0 Å². The average molecular weight is 281 g/mol. The van der Waals surface area contributed by atoms with Gasteiger partial charge in [-0.05, 0) is 0 Å². The van der Waals surface area contributed by atoms with E-state index in [4.69, 9.17) is 4.21 Å². The Morgan fingerprint density at radius 3 is 0.875 bits per heavy atom. The third-order valence-electron chi connectivity index (χ3n) is 0. The van der Waals surface area contributed by atoms with Crippen LogP contribution in [0.5, 0.6) is 0 Å². The molecule has 0 radical (unpaired) electrons. The Morgan fingerprint density at radius 1 is 0.875 bits per heavy atom. The van der Waals surface area contributed by atoms with Gasteiger partial charge in [-0.3, -0.25) is 0 Å². The third kappa shape index (κ3) is 122. The van der Waals surface area contributed by atoms with Crippen molar-refractivity contribution in [1.82, 2.24) is 12.3 Å². The summed E-state index contributed by atoms with van der Waals surface area (Å²) in [6.45, 7) is 0. The zero-order valence-corrected chi connectivity index (χ0v) is 10.4. The zero-order valence-electron chi connectivity index (χ0n) is 4.67. The van der Waals surface area contributed by atoms with Crippen molar-refractivity contribution < 1.29 is 25.3 Å². The van der Waals surface area contributed by atoms with Crippen LogP contribution in [0.4, 0.5) is 0 Å². The van der Waals surface area contributed by atoms with Crippen molar-refractivity contribution >= 4 is 53.0 Å². The van der Waals surface area contributed by atoms with Gasteiger partial charge in [0.2, 0.25) is 0 Å². The van der Waals surface area contributed by atoms with Crippen LogP contribution in [0.3, 0.4) is 0 Å². The maximum Gasteiger partial charge on any atom is 0.197 e. The van der Waals surface area contributed by atoms with E-state index >= 15 is 0 Å². The Labute approximate surface area is 90.1 Å². The Balaban J connectivity index is -0.000000000333. The zero-order chi connectivity index (χ0) is 2.00. The molecule has 0 rings (SSSR count). The predicted octanol–water partition coefficient (Wildman–Crippen LogP) is 0.369. The van der Waals surface area contributed by atoms with Crippen molar-refractivity contribution in [3.05, 3.63) is 0 Å². The molecule has 0 aromatic carbocycles. The fraction of sp³-hybridized carbons (Fsp3) is 0. The molecule has 0 aliphatic heterocycles. The van der Waals surface area contributed by atoms with Crippen molar-refractivity contribution in [2.24, 2.45) is 0 Å². The van der Waals surface area contributed by atoms with Gasteiger partial charge in [-0.1, -0.05) is 0 Å². The molecular weight excluding hydrogens is 268 g/mol. The Bertz CT molecular complexity index is 14.0. The molecule has 8 N–H and O–H groups in total. The second-order valence-electron chi connectivity index (χ2n) is 0. The van der Waals surface area contributed by atoms with Gasteiger partial charge in [-0.15, -0.1) is 0 Å². The Kier molecular flexibility index (Phi) is 2310. The largest absolute Gasteiger partial charge is 0.813 e. The summed E-state index contributed by atoms with van der Waals surface area (Å²) < 4.78 is 7.83. The van der Waals surface area contributed by atoms with E-state index in [0.717, 1.165) is 0 Å². The smallest absolute Gasteiger partial charge is 0.197 e. The number of hydrogen-bond donors (Lipinski definition) is 2. The second kappa shape index (κ2) is 182. The van der Waals surface area contributed by atoms with E-state index in [9.17, 15) is 0 Å². The molecule has 0 aliphatic rings. The molecule has 0 aromatic rings. The minimum Gasteiger partial charge on any atom is -0.813 e. The summed E-state index contributed by atoms with van der Waals surface area (Å²) >= 11 is 2.83. The van der Waals surface area contributed by atoms with Crippen LogP contribution in [-0.4, -0.2) is 4.21 Å². The van der Waals surface area contributed by atoms with Crippen LogP contribution < -0.4 is 12.3 Å². The van der Waals surface area contributed by atoms with Gasteiger partial charge >= 0.3 is 0 Å². The second-order valence-corrected chi connectivity index (χ2v) is 0. The molecule has 0 aliphatic carbocycles. The normalized spacial score (nSPS) is 0.500. The number of thiol groups is 1. The van der Waals surface area contributed by atoms with E-state index in [0.29, 0.717) is 0 Å². The fourth-order valence-corrected chi connectivity index (χ4v) is 0. The summed E-state index contributed by atoms with van der Waals surface area (Å²) in [5.74, 6) is 0. The van der Waals surface area contributed by atoms with Gasteiger partial charge in [0, 0.05) is 21.1 Å². The van der Waals surface area contributed by atoms with Gasteiger partial charge in [0.1, 0.15) is 0 Å². The average Bonchev–Trinajstić information content (AvgIpc) is 1.00. The van der Waals surface area contributed by atoms with Crippen molar-refractivity contribution in [1.29, 1.82) is 0 Å². The predicted molar refractivity (Wildman–Crippen MR) is 49.6 cm³/mol. The van der Waals surface area contributed by atoms with Crippen molar-refractivity contribution in [2.45, 2.75) is 0 Å². The van der Waals surface area contributed by atoms with E-state index in [-0.39, 0.29) is 73.9 Å². The SMILES string of the molecule is O=S.S.S.[Mo].[NH4+].[NH4+].[SH-]. The summed E-state index contributed by atoms with van der Waals surface area (Å²) in [5.41, 5.74) is 0. The van der Waals surface area contributed by atoms with Crippen LogP contribution in [0.2, 0.25) is 0 Å². The van der Waals surface area contributed by atoms with E-state index < -0.39 is 0 Å². The molecule has 8 heteroatoms.